The molecule has 0 radical (unpaired) electrons. The predicted octanol–water partition coefficient (Wildman–Crippen LogP) is 3.59. The average molecular weight is 223 g/mol. The highest BCUT2D eigenvalue weighted by molar-refractivity contribution is 7.09. The van der Waals surface area contributed by atoms with E-state index in [4.69, 9.17) is 5.73 Å². The van der Waals surface area contributed by atoms with Crippen LogP contribution in [0.4, 0.5) is 0 Å². The Morgan fingerprint density at radius 2 is 2.27 bits per heavy atom. The van der Waals surface area contributed by atoms with Crippen molar-refractivity contribution < 1.29 is 0 Å². The van der Waals surface area contributed by atoms with E-state index in [1.54, 1.807) is 0 Å². The minimum absolute atomic E-state index is 0.450. The van der Waals surface area contributed by atoms with Crippen molar-refractivity contribution in [2.24, 2.45) is 11.7 Å². The Hall–Kier alpha value is -0.340. The third-order valence-electron chi connectivity index (χ3n) is 3.22. The maximum Gasteiger partial charge on any atom is 0.00452 e. The van der Waals surface area contributed by atoms with Crippen LogP contribution in [0.15, 0.2) is 17.5 Å². The number of aryl methyl sites for hydroxylation is 1. The molecule has 15 heavy (non-hydrogen) atoms. The summed E-state index contributed by atoms with van der Waals surface area (Å²) in [5.74, 6) is 1.04. The van der Waals surface area contributed by atoms with E-state index in [2.05, 4.69) is 17.5 Å². The summed E-state index contributed by atoms with van der Waals surface area (Å²) in [5, 5.41) is 2.16. The molecule has 1 nitrogen and oxygen atoms in total. The molecule has 1 aromatic rings. The lowest BCUT2D eigenvalue weighted by Gasteiger charge is -2.10. The summed E-state index contributed by atoms with van der Waals surface area (Å²) in [6.45, 7) is 0. The molecule has 0 bridgehead atoms. The molecular formula is C13H21NS. The molecule has 0 spiro atoms. The van der Waals surface area contributed by atoms with Crippen molar-refractivity contribution in [3.63, 3.8) is 0 Å². The average Bonchev–Trinajstić information content (AvgIpc) is 2.92. The van der Waals surface area contributed by atoms with Gasteiger partial charge in [-0.25, -0.2) is 0 Å². The van der Waals surface area contributed by atoms with Gasteiger partial charge in [-0.1, -0.05) is 18.9 Å². The fourth-order valence-corrected chi connectivity index (χ4v) is 2.75. The summed E-state index contributed by atoms with van der Waals surface area (Å²) in [6, 6.07) is 4.80. The van der Waals surface area contributed by atoms with Gasteiger partial charge in [0.05, 0.1) is 0 Å². The van der Waals surface area contributed by atoms with Crippen molar-refractivity contribution in [2.75, 3.05) is 0 Å². The van der Waals surface area contributed by atoms with Gasteiger partial charge >= 0.3 is 0 Å². The van der Waals surface area contributed by atoms with Crippen molar-refractivity contribution in [2.45, 2.75) is 51.0 Å². The number of nitrogens with two attached hydrogens (primary N) is 1. The summed E-state index contributed by atoms with van der Waals surface area (Å²) in [6.07, 6.45) is 9.21. The molecule has 0 aromatic carbocycles. The van der Waals surface area contributed by atoms with Gasteiger partial charge in [0.15, 0.2) is 0 Å². The van der Waals surface area contributed by atoms with Crippen LogP contribution in [0.5, 0.6) is 0 Å². The van der Waals surface area contributed by atoms with E-state index >= 15 is 0 Å². The van der Waals surface area contributed by atoms with Gasteiger partial charge in [-0.2, -0.15) is 0 Å². The second kappa shape index (κ2) is 5.66. The van der Waals surface area contributed by atoms with E-state index in [0.717, 1.165) is 5.92 Å². The molecule has 2 N–H and O–H groups in total. The van der Waals surface area contributed by atoms with Gasteiger partial charge in [0.1, 0.15) is 0 Å². The SMILES string of the molecule is NC(CCCc1cccs1)CCC1CC1. The zero-order valence-corrected chi connectivity index (χ0v) is 10.1. The monoisotopic (exact) mass is 223 g/mol. The van der Waals surface area contributed by atoms with Gasteiger partial charge in [0.25, 0.3) is 0 Å². The summed E-state index contributed by atoms with van der Waals surface area (Å²) >= 11 is 1.86. The molecule has 0 saturated heterocycles. The normalized spacial score (nSPS) is 17.9. The van der Waals surface area contributed by atoms with Crippen LogP contribution in [0.25, 0.3) is 0 Å². The first-order valence-corrected chi connectivity index (χ1v) is 7.00. The van der Waals surface area contributed by atoms with Crippen LogP contribution in [-0.4, -0.2) is 6.04 Å². The van der Waals surface area contributed by atoms with E-state index in [1.165, 1.54) is 49.8 Å². The zero-order chi connectivity index (χ0) is 10.5. The fraction of sp³-hybridized carbons (Fsp3) is 0.692. The first-order chi connectivity index (χ1) is 7.34. The Morgan fingerprint density at radius 3 is 2.93 bits per heavy atom. The fourth-order valence-electron chi connectivity index (χ4n) is 1.99. The van der Waals surface area contributed by atoms with E-state index < -0.39 is 0 Å². The molecule has 1 atom stereocenters. The smallest absolute Gasteiger partial charge is 0.00452 e. The van der Waals surface area contributed by atoms with Crippen LogP contribution in [0.1, 0.15) is 43.4 Å². The second-order valence-corrected chi connectivity index (χ2v) is 5.78. The Kier molecular flexibility index (Phi) is 4.21. The number of thiophene rings is 1. The molecule has 1 aliphatic carbocycles. The minimum Gasteiger partial charge on any atom is -0.328 e. The van der Waals surface area contributed by atoms with E-state index in [-0.39, 0.29) is 0 Å². The number of rotatable bonds is 7. The molecule has 0 amide bonds. The van der Waals surface area contributed by atoms with Crippen LogP contribution in [0.2, 0.25) is 0 Å². The van der Waals surface area contributed by atoms with Gasteiger partial charge in [-0.15, -0.1) is 11.3 Å². The lowest BCUT2D eigenvalue weighted by molar-refractivity contribution is 0.509. The van der Waals surface area contributed by atoms with Crippen LogP contribution < -0.4 is 5.73 Å². The predicted molar refractivity (Wildman–Crippen MR) is 67.2 cm³/mol. The minimum atomic E-state index is 0.450. The van der Waals surface area contributed by atoms with Crippen molar-refractivity contribution in [1.29, 1.82) is 0 Å². The van der Waals surface area contributed by atoms with Gasteiger partial charge in [-0.3, -0.25) is 0 Å². The Morgan fingerprint density at radius 1 is 1.40 bits per heavy atom. The molecule has 2 heteroatoms. The highest BCUT2D eigenvalue weighted by atomic mass is 32.1. The molecule has 1 heterocycles. The van der Waals surface area contributed by atoms with E-state index in [1.807, 2.05) is 11.3 Å². The molecule has 2 rings (SSSR count). The van der Waals surface area contributed by atoms with E-state index in [0.29, 0.717) is 6.04 Å². The molecule has 1 unspecified atom stereocenters. The topological polar surface area (TPSA) is 26.0 Å². The Balaban J connectivity index is 1.52. The maximum atomic E-state index is 6.09. The number of hydrogen-bond donors (Lipinski definition) is 1. The van der Waals surface area contributed by atoms with Gasteiger partial charge in [0.2, 0.25) is 0 Å². The van der Waals surface area contributed by atoms with Crippen LogP contribution in [-0.2, 0) is 6.42 Å². The Labute approximate surface area is 96.7 Å². The largest absolute Gasteiger partial charge is 0.328 e. The van der Waals surface area contributed by atoms with Crippen molar-refractivity contribution >= 4 is 11.3 Å². The molecule has 1 saturated carbocycles. The highest BCUT2D eigenvalue weighted by Crippen LogP contribution is 2.34. The van der Waals surface area contributed by atoms with Crippen LogP contribution in [0, 0.1) is 5.92 Å². The highest BCUT2D eigenvalue weighted by Gasteiger charge is 2.21. The molecular weight excluding hydrogens is 202 g/mol. The standard InChI is InChI=1S/C13H21NS/c14-12(9-8-11-6-7-11)3-1-4-13-5-2-10-15-13/h2,5,10-12H,1,3-4,6-9,14H2. The summed E-state index contributed by atoms with van der Waals surface area (Å²) in [4.78, 5) is 1.50. The summed E-state index contributed by atoms with van der Waals surface area (Å²) in [5.41, 5.74) is 6.09. The van der Waals surface area contributed by atoms with E-state index in [9.17, 15) is 0 Å². The lowest BCUT2D eigenvalue weighted by atomic mass is 10.0. The maximum absolute atomic E-state index is 6.09. The summed E-state index contributed by atoms with van der Waals surface area (Å²) < 4.78 is 0. The van der Waals surface area contributed by atoms with Crippen LogP contribution in [0.3, 0.4) is 0 Å². The zero-order valence-electron chi connectivity index (χ0n) is 9.32. The molecule has 84 valence electrons. The van der Waals surface area contributed by atoms with Crippen LogP contribution >= 0.6 is 11.3 Å². The van der Waals surface area contributed by atoms with Gasteiger partial charge in [0, 0.05) is 10.9 Å². The third kappa shape index (κ3) is 4.35. The summed E-state index contributed by atoms with van der Waals surface area (Å²) in [7, 11) is 0. The quantitative estimate of drug-likeness (QED) is 0.751. The van der Waals surface area contributed by atoms with Crippen molar-refractivity contribution in [3.05, 3.63) is 22.4 Å². The molecule has 1 aromatic heterocycles. The van der Waals surface area contributed by atoms with Crippen molar-refractivity contribution in [1.82, 2.24) is 0 Å². The number of hydrogen-bond acceptors (Lipinski definition) is 2. The molecule has 0 aliphatic heterocycles. The third-order valence-corrected chi connectivity index (χ3v) is 4.16. The van der Waals surface area contributed by atoms with Gasteiger partial charge < -0.3 is 5.73 Å². The first kappa shape index (κ1) is 11.2. The molecule has 1 fully saturated rings. The lowest BCUT2D eigenvalue weighted by Crippen LogP contribution is -2.19. The van der Waals surface area contributed by atoms with Gasteiger partial charge in [-0.05, 0) is 49.5 Å². The van der Waals surface area contributed by atoms with Crippen molar-refractivity contribution in [3.8, 4) is 0 Å². The Bertz CT molecular complexity index is 264. The second-order valence-electron chi connectivity index (χ2n) is 4.75. The molecule has 1 aliphatic rings. The first-order valence-electron chi connectivity index (χ1n) is 6.12.